The molecule has 1 aromatic rings. The number of rotatable bonds is 2. The van der Waals surface area contributed by atoms with Gasteiger partial charge in [-0.3, -0.25) is 0 Å². The van der Waals surface area contributed by atoms with E-state index in [0.29, 0.717) is 5.88 Å². The Balaban J connectivity index is 2.21. The molecular formula is C12H16F2N2O. The lowest BCUT2D eigenvalue weighted by molar-refractivity contribution is -0.0514. The van der Waals surface area contributed by atoms with E-state index >= 15 is 0 Å². The molecule has 0 saturated heterocycles. The van der Waals surface area contributed by atoms with Crippen LogP contribution in [0.25, 0.3) is 0 Å². The Morgan fingerprint density at radius 3 is 2.53 bits per heavy atom. The van der Waals surface area contributed by atoms with Gasteiger partial charge in [0.2, 0.25) is 11.8 Å². The van der Waals surface area contributed by atoms with Gasteiger partial charge >= 0.3 is 0 Å². The van der Waals surface area contributed by atoms with E-state index in [9.17, 15) is 8.78 Å². The predicted octanol–water partition coefficient (Wildman–Crippen LogP) is 2.45. The van der Waals surface area contributed by atoms with Crippen LogP contribution in [-0.4, -0.2) is 18.0 Å². The van der Waals surface area contributed by atoms with Crippen LogP contribution in [0.5, 0.6) is 5.88 Å². The standard InChI is InChI=1S/C12H16F2N2O/c1-17-10-8-9(2-7-16-10)11(15)3-5-12(13,14)6-4-11/h2,7-8H,3-6,15H2,1H3. The first kappa shape index (κ1) is 12.2. The number of halogens is 2. The minimum absolute atomic E-state index is 0.159. The number of pyridine rings is 1. The number of alkyl halides is 2. The summed E-state index contributed by atoms with van der Waals surface area (Å²) in [6.07, 6.45) is 1.85. The summed E-state index contributed by atoms with van der Waals surface area (Å²) in [7, 11) is 1.52. The second-order valence-electron chi connectivity index (χ2n) is 4.60. The third-order valence-electron chi connectivity index (χ3n) is 3.39. The third kappa shape index (κ3) is 2.54. The first-order chi connectivity index (χ1) is 7.95. The highest BCUT2D eigenvalue weighted by atomic mass is 19.3. The van der Waals surface area contributed by atoms with Gasteiger partial charge in [-0.2, -0.15) is 0 Å². The summed E-state index contributed by atoms with van der Waals surface area (Å²) in [5.41, 5.74) is 6.35. The minimum Gasteiger partial charge on any atom is -0.481 e. The van der Waals surface area contributed by atoms with Crippen molar-refractivity contribution in [2.24, 2.45) is 5.73 Å². The van der Waals surface area contributed by atoms with Crippen molar-refractivity contribution in [1.29, 1.82) is 0 Å². The Morgan fingerprint density at radius 1 is 1.29 bits per heavy atom. The molecule has 1 aliphatic rings. The van der Waals surface area contributed by atoms with Gasteiger partial charge in [0, 0.05) is 30.6 Å². The van der Waals surface area contributed by atoms with Crippen LogP contribution in [0.15, 0.2) is 18.3 Å². The molecule has 2 N–H and O–H groups in total. The molecular weight excluding hydrogens is 226 g/mol. The molecule has 0 aliphatic heterocycles. The summed E-state index contributed by atoms with van der Waals surface area (Å²) in [4.78, 5) is 3.99. The SMILES string of the molecule is COc1cc(C2(N)CCC(F)(F)CC2)ccn1. The van der Waals surface area contributed by atoms with Crippen molar-refractivity contribution in [3.63, 3.8) is 0 Å². The molecule has 2 rings (SSSR count). The normalized spacial score (nSPS) is 22.1. The summed E-state index contributed by atoms with van der Waals surface area (Å²) in [5, 5.41) is 0. The van der Waals surface area contributed by atoms with E-state index in [2.05, 4.69) is 4.98 Å². The number of aromatic nitrogens is 1. The zero-order valence-electron chi connectivity index (χ0n) is 9.75. The number of hydrogen-bond donors (Lipinski definition) is 1. The lowest BCUT2D eigenvalue weighted by Crippen LogP contribution is -2.43. The van der Waals surface area contributed by atoms with E-state index in [0.717, 1.165) is 5.56 Å². The molecule has 17 heavy (non-hydrogen) atoms. The number of hydrogen-bond acceptors (Lipinski definition) is 3. The van der Waals surface area contributed by atoms with Crippen molar-refractivity contribution in [2.75, 3.05) is 7.11 Å². The van der Waals surface area contributed by atoms with Crippen molar-refractivity contribution in [3.05, 3.63) is 23.9 Å². The maximum Gasteiger partial charge on any atom is 0.248 e. The van der Waals surface area contributed by atoms with E-state index in [-0.39, 0.29) is 25.7 Å². The van der Waals surface area contributed by atoms with Crippen LogP contribution in [0, 0.1) is 0 Å². The van der Waals surface area contributed by atoms with Crippen molar-refractivity contribution in [1.82, 2.24) is 4.98 Å². The predicted molar refractivity (Wildman–Crippen MR) is 60.1 cm³/mol. The molecule has 0 spiro atoms. The number of nitrogens with zero attached hydrogens (tertiary/aromatic N) is 1. The van der Waals surface area contributed by atoms with Gasteiger partial charge in [-0.25, -0.2) is 13.8 Å². The van der Waals surface area contributed by atoms with Crippen LogP contribution in [0.4, 0.5) is 8.78 Å². The fourth-order valence-corrected chi connectivity index (χ4v) is 2.18. The van der Waals surface area contributed by atoms with Crippen LogP contribution in [-0.2, 0) is 5.54 Å². The largest absolute Gasteiger partial charge is 0.481 e. The van der Waals surface area contributed by atoms with Crippen molar-refractivity contribution < 1.29 is 13.5 Å². The van der Waals surface area contributed by atoms with E-state index in [1.807, 2.05) is 0 Å². The summed E-state index contributed by atoms with van der Waals surface area (Å²) in [5.74, 6) is -2.11. The lowest BCUT2D eigenvalue weighted by Gasteiger charge is -2.37. The Bertz CT molecular complexity index is 399. The van der Waals surface area contributed by atoms with Gasteiger partial charge in [-0.05, 0) is 24.5 Å². The van der Waals surface area contributed by atoms with Gasteiger partial charge in [-0.15, -0.1) is 0 Å². The molecule has 1 heterocycles. The summed E-state index contributed by atoms with van der Waals surface area (Å²) >= 11 is 0. The second kappa shape index (κ2) is 4.22. The summed E-state index contributed by atoms with van der Waals surface area (Å²) in [6.45, 7) is 0. The average molecular weight is 242 g/mol. The van der Waals surface area contributed by atoms with E-state index in [1.165, 1.54) is 7.11 Å². The van der Waals surface area contributed by atoms with Crippen LogP contribution in [0.1, 0.15) is 31.2 Å². The molecule has 0 aromatic carbocycles. The first-order valence-corrected chi connectivity index (χ1v) is 5.62. The zero-order chi connectivity index (χ0) is 12.5. The van der Waals surface area contributed by atoms with Crippen molar-refractivity contribution in [3.8, 4) is 5.88 Å². The molecule has 3 nitrogen and oxygen atoms in total. The number of ether oxygens (including phenoxy) is 1. The average Bonchev–Trinajstić information content (AvgIpc) is 2.33. The molecule has 0 atom stereocenters. The molecule has 1 saturated carbocycles. The fraction of sp³-hybridized carbons (Fsp3) is 0.583. The second-order valence-corrected chi connectivity index (χ2v) is 4.60. The molecule has 1 fully saturated rings. The van der Waals surface area contributed by atoms with Gasteiger partial charge in [0.1, 0.15) is 0 Å². The number of nitrogens with two attached hydrogens (primary N) is 1. The first-order valence-electron chi connectivity index (χ1n) is 5.62. The molecule has 1 aromatic heterocycles. The quantitative estimate of drug-likeness (QED) is 0.866. The zero-order valence-corrected chi connectivity index (χ0v) is 9.75. The fourth-order valence-electron chi connectivity index (χ4n) is 2.18. The van der Waals surface area contributed by atoms with Gasteiger partial charge in [0.15, 0.2) is 0 Å². The lowest BCUT2D eigenvalue weighted by atomic mass is 9.76. The van der Waals surface area contributed by atoms with Gasteiger partial charge in [0.25, 0.3) is 0 Å². The molecule has 0 radical (unpaired) electrons. The maximum absolute atomic E-state index is 13.1. The van der Waals surface area contributed by atoms with Gasteiger partial charge < -0.3 is 10.5 Å². The summed E-state index contributed by atoms with van der Waals surface area (Å²) < 4.78 is 31.2. The third-order valence-corrected chi connectivity index (χ3v) is 3.39. The minimum atomic E-state index is -2.57. The Morgan fingerprint density at radius 2 is 1.94 bits per heavy atom. The van der Waals surface area contributed by atoms with Crippen LogP contribution in [0.3, 0.4) is 0 Å². The Kier molecular flexibility index (Phi) is 3.03. The van der Waals surface area contributed by atoms with Gasteiger partial charge in [-0.1, -0.05) is 0 Å². The summed E-state index contributed by atoms with van der Waals surface area (Å²) in [6, 6.07) is 3.50. The smallest absolute Gasteiger partial charge is 0.248 e. The Hall–Kier alpha value is -1.23. The van der Waals surface area contributed by atoms with Crippen LogP contribution < -0.4 is 10.5 Å². The van der Waals surface area contributed by atoms with Crippen LogP contribution in [0.2, 0.25) is 0 Å². The topological polar surface area (TPSA) is 48.1 Å². The van der Waals surface area contributed by atoms with Crippen molar-refractivity contribution in [2.45, 2.75) is 37.1 Å². The molecule has 1 aliphatic carbocycles. The highest BCUT2D eigenvalue weighted by Gasteiger charge is 2.42. The van der Waals surface area contributed by atoms with Gasteiger partial charge in [0.05, 0.1) is 7.11 Å². The Labute approximate surface area is 99.0 Å². The van der Waals surface area contributed by atoms with E-state index < -0.39 is 11.5 Å². The number of methoxy groups -OCH3 is 1. The molecule has 0 bridgehead atoms. The molecule has 0 unspecified atom stereocenters. The molecule has 5 heteroatoms. The molecule has 0 amide bonds. The highest BCUT2D eigenvalue weighted by Crippen LogP contribution is 2.42. The van der Waals surface area contributed by atoms with E-state index in [1.54, 1.807) is 18.3 Å². The maximum atomic E-state index is 13.1. The van der Waals surface area contributed by atoms with Crippen molar-refractivity contribution >= 4 is 0 Å². The van der Waals surface area contributed by atoms with E-state index in [4.69, 9.17) is 10.5 Å². The van der Waals surface area contributed by atoms with Crippen LogP contribution >= 0.6 is 0 Å². The molecule has 94 valence electrons. The monoisotopic (exact) mass is 242 g/mol. The highest BCUT2D eigenvalue weighted by molar-refractivity contribution is 5.28.